The van der Waals surface area contributed by atoms with Crippen LogP contribution in [0.2, 0.25) is 0 Å². The number of carbonyl (C=O) groups excluding carboxylic acids is 1. The maximum atomic E-state index is 13.2. The summed E-state index contributed by atoms with van der Waals surface area (Å²) < 4.78 is 0. The number of hydrogen-bond donors (Lipinski definition) is 2. The number of nitrogens with zero attached hydrogens (tertiary/aromatic N) is 7. The smallest absolute Gasteiger partial charge is 0.253 e. The first kappa shape index (κ1) is 32.5. The van der Waals surface area contributed by atoms with Crippen LogP contribution < -0.4 is 5.32 Å². The molecule has 10 heteroatoms. The number of benzene rings is 2. The van der Waals surface area contributed by atoms with Crippen LogP contribution in [-0.4, -0.2) is 99.1 Å². The van der Waals surface area contributed by atoms with E-state index in [2.05, 4.69) is 94.4 Å². The molecule has 2 aromatic carbocycles. The van der Waals surface area contributed by atoms with Crippen molar-refractivity contribution in [2.45, 2.75) is 87.9 Å². The van der Waals surface area contributed by atoms with Crippen LogP contribution in [-0.2, 0) is 18.3 Å². The topological polar surface area (TPSA) is 122 Å². The van der Waals surface area contributed by atoms with Gasteiger partial charge < -0.3 is 15.1 Å². The highest BCUT2D eigenvalue weighted by Gasteiger charge is 2.63. The predicted molar refractivity (Wildman–Crippen MR) is 185 cm³/mol. The highest BCUT2D eigenvalue weighted by molar-refractivity contribution is 5.94. The first-order chi connectivity index (χ1) is 22.8. The summed E-state index contributed by atoms with van der Waals surface area (Å²) in [4.78, 5) is 19.4. The monoisotopic (exact) mass is 648 g/mol. The second-order valence-corrected chi connectivity index (χ2v) is 16.0. The quantitative estimate of drug-likeness (QED) is 0.346. The highest BCUT2D eigenvalue weighted by Crippen LogP contribution is 2.56. The van der Waals surface area contributed by atoms with Gasteiger partial charge in [-0.2, -0.15) is 10.5 Å². The number of tetrazole rings is 1. The van der Waals surface area contributed by atoms with Gasteiger partial charge in [-0.3, -0.25) is 9.69 Å². The van der Waals surface area contributed by atoms with Crippen LogP contribution in [0.4, 0.5) is 0 Å². The molecule has 0 bridgehead atoms. The molecule has 1 aliphatic heterocycles. The number of amides is 1. The molecule has 2 saturated carbocycles. The third kappa shape index (κ3) is 5.23. The van der Waals surface area contributed by atoms with Crippen LogP contribution in [0.25, 0.3) is 5.70 Å². The molecule has 1 saturated heterocycles. The average molecular weight is 649 g/mol. The van der Waals surface area contributed by atoms with Crippen LogP contribution in [0.15, 0.2) is 43.0 Å². The van der Waals surface area contributed by atoms with Gasteiger partial charge in [0.05, 0.1) is 35.1 Å². The minimum atomic E-state index is -0.679. The van der Waals surface area contributed by atoms with E-state index >= 15 is 0 Å². The van der Waals surface area contributed by atoms with Gasteiger partial charge in [-0.05, 0) is 91.0 Å². The van der Waals surface area contributed by atoms with Crippen molar-refractivity contribution in [3.8, 4) is 6.07 Å². The third-order valence-corrected chi connectivity index (χ3v) is 12.1. The number of hydrogen-bond acceptors (Lipinski definition) is 7. The number of rotatable bonds is 10. The number of fused-ring (bicyclic) bond motifs is 3. The Balaban J connectivity index is 1.32. The van der Waals surface area contributed by atoms with E-state index in [1.807, 2.05) is 20.2 Å². The van der Waals surface area contributed by atoms with Gasteiger partial charge in [-0.25, -0.2) is 0 Å². The molecule has 1 amide bonds. The first-order valence-electron chi connectivity index (χ1n) is 17.4. The van der Waals surface area contributed by atoms with E-state index in [0.29, 0.717) is 29.3 Å². The second-order valence-electron chi connectivity index (χ2n) is 16.0. The van der Waals surface area contributed by atoms with Crippen molar-refractivity contribution in [2.24, 2.45) is 11.8 Å². The minimum absolute atomic E-state index is 0.00618. The van der Waals surface area contributed by atoms with Crippen molar-refractivity contribution in [1.29, 1.82) is 5.26 Å². The number of likely N-dealkylation sites (tertiary alicyclic amines) is 1. The number of nitrogens with one attached hydrogen (secondary N) is 1. The van der Waals surface area contributed by atoms with E-state index in [1.165, 1.54) is 11.1 Å². The van der Waals surface area contributed by atoms with Gasteiger partial charge in [0.2, 0.25) is 0 Å². The zero-order chi connectivity index (χ0) is 34.2. The van der Waals surface area contributed by atoms with Gasteiger partial charge >= 0.3 is 0 Å². The summed E-state index contributed by atoms with van der Waals surface area (Å²) in [7, 11) is 7.64. The van der Waals surface area contributed by atoms with E-state index in [0.717, 1.165) is 67.5 Å². The van der Waals surface area contributed by atoms with Crippen molar-refractivity contribution in [1.82, 2.24) is 35.3 Å². The number of H-pyrrole nitrogens is 1. The van der Waals surface area contributed by atoms with Gasteiger partial charge in [0.15, 0.2) is 5.82 Å². The fraction of sp³-hybridized carbons (Fsp3) is 0.553. The highest BCUT2D eigenvalue weighted by atomic mass is 16.2. The molecule has 0 radical (unpaired) electrons. The van der Waals surface area contributed by atoms with Crippen LogP contribution in [0.3, 0.4) is 0 Å². The number of aromatic nitrogens is 4. The Morgan fingerprint density at radius 2 is 1.73 bits per heavy atom. The minimum Gasteiger partial charge on any atom is -0.378 e. The van der Waals surface area contributed by atoms with Crippen molar-refractivity contribution in [3.05, 3.63) is 82.2 Å². The van der Waals surface area contributed by atoms with E-state index < -0.39 is 5.41 Å². The molecule has 1 aromatic heterocycles. The number of aromatic amines is 1. The molecule has 252 valence electrons. The molecule has 3 N–H and O–H groups in total. The standard InChI is InChI=1S/C38H49N9O/c1-23-30-19-29(20-39)47(33(23)30)36(3,4)22-40-37(15-16-37)21-38(35-41-43-44-42-35)31-13-11-25(24(2)45(5)6)17-26(31)9-10-27-18-28(12-14-32(27)38)34(48)46(7)8/h11-14,17-18,23,29-30,33,40H,2,9-10,15-16,19,21-22H2,1,3-8H3,(H,41,42,43,44)/p+1/t23-,29?,30+,33-,38?/m0/s1. The predicted octanol–water partition coefficient (Wildman–Crippen LogP) is 3.36. The molecule has 4 aliphatic rings. The molecule has 3 aromatic rings. The van der Waals surface area contributed by atoms with Crippen LogP contribution in [0.5, 0.6) is 0 Å². The lowest BCUT2D eigenvalue weighted by Gasteiger charge is -2.40. The molecular formula is C38H50N9O+. The van der Waals surface area contributed by atoms with Gasteiger partial charge in [-0.1, -0.05) is 36.9 Å². The molecule has 2 unspecified atom stereocenters. The average Bonchev–Trinajstić information content (AvgIpc) is 3.78. The number of carbonyl (C=O) groups is 1. The summed E-state index contributed by atoms with van der Waals surface area (Å²) in [5, 5.41) is 29.0. The van der Waals surface area contributed by atoms with E-state index in [-0.39, 0.29) is 23.0 Å². The number of nitriles is 1. The summed E-state index contributed by atoms with van der Waals surface area (Å²) in [6.07, 6.45) is 5.59. The Labute approximate surface area is 284 Å². The maximum Gasteiger partial charge on any atom is 0.253 e. The van der Waals surface area contributed by atoms with E-state index in [4.69, 9.17) is 5.10 Å². The Hall–Kier alpha value is -4.07. The van der Waals surface area contributed by atoms with E-state index in [1.54, 1.807) is 19.0 Å². The molecule has 5 atom stereocenters. The van der Waals surface area contributed by atoms with Crippen LogP contribution >= 0.6 is 0 Å². The van der Waals surface area contributed by atoms with Crippen molar-refractivity contribution in [3.63, 3.8) is 0 Å². The van der Waals surface area contributed by atoms with E-state index in [9.17, 15) is 10.1 Å². The van der Waals surface area contributed by atoms with Crippen molar-refractivity contribution in [2.75, 3.05) is 34.7 Å². The number of piperidine rings is 1. The van der Waals surface area contributed by atoms with Crippen molar-refractivity contribution < 1.29 is 10.1 Å². The molecule has 3 aliphatic carbocycles. The maximum absolute atomic E-state index is 13.2. The first-order valence-corrected chi connectivity index (χ1v) is 17.4. The Bertz CT molecular complexity index is 1710. The van der Waals surface area contributed by atoms with Crippen molar-refractivity contribution >= 4 is 11.6 Å². The van der Waals surface area contributed by atoms with Gasteiger partial charge in [-0.15, -0.1) is 10.2 Å². The Morgan fingerprint density at radius 3 is 2.29 bits per heavy atom. The molecular weight excluding hydrogens is 598 g/mol. The Morgan fingerprint density at radius 1 is 1.08 bits per heavy atom. The van der Waals surface area contributed by atoms with Crippen LogP contribution in [0.1, 0.15) is 90.5 Å². The summed E-state index contributed by atoms with van der Waals surface area (Å²) in [6.45, 7) is 12.2. The van der Waals surface area contributed by atoms with Crippen LogP contribution in [0, 0.1) is 23.2 Å². The summed E-state index contributed by atoms with van der Waals surface area (Å²) in [5.74, 6) is 1.98. The number of aryl methyl sites for hydroxylation is 2. The largest absolute Gasteiger partial charge is 0.378 e. The summed E-state index contributed by atoms with van der Waals surface area (Å²) in [6, 6.07) is 16.1. The third-order valence-electron chi connectivity index (χ3n) is 12.1. The van der Waals surface area contributed by atoms with Gasteiger partial charge in [0.1, 0.15) is 0 Å². The lowest BCUT2D eigenvalue weighted by molar-refractivity contribution is -0.712. The normalized spacial score (nSPS) is 26.8. The molecule has 7 rings (SSSR count). The molecule has 0 spiro atoms. The molecule has 10 nitrogen and oxygen atoms in total. The number of quaternary nitrogens is 1. The molecule has 3 fully saturated rings. The van der Waals surface area contributed by atoms with Gasteiger partial charge in [0, 0.05) is 64.8 Å². The fourth-order valence-electron chi connectivity index (χ4n) is 9.10. The zero-order valence-corrected chi connectivity index (χ0v) is 29.5. The summed E-state index contributed by atoms with van der Waals surface area (Å²) >= 11 is 0. The molecule has 2 heterocycles. The second kappa shape index (κ2) is 11.5. The fourth-order valence-corrected chi connectivity index (χ4v) is 9.10. The lowest BCUT2D eigenvalue weighted by atomic mass is 9.67. The zero-order valence-electron chi connectivity index (χ0n) is 29.5. The molecule has 48 heavy (non-hydrogen) atoms. The Kier molecular flexibility index (Phi) is 7.80. The van der Waals surface area contributed by atoms with Gasteiger partial charge in [0.25, 0.3) is 5.91 Å². The lowest BCUT2D eigenvalue weighted by Crippen LogP contribution is -2.96. The number of nitrogens with two attached hydrogens (primary N) is 1. The SMILES string of the molecule is C=C(c1ccc2c(c1)CCc1cc(C(=O)N(C)C)ccc1C2(CC1([NH2+]CC(C)(C)N2C(C#N)C[C@@H]3[C@H](C)[C@@H]32)CC1)c1nn[nH]n1)N(C)C. The summed E-state index contributed by atoms with van der Waals surface area (Å²) in [5.41, 5.74) is 6.65.